The van der Waals surface area contributed by atoms with Crippen LogP contribution in [0.3, 0.4) is 0 Å². The number of hydrogen-bond acceptors (Lipinski definition) is 6. The minimum atomic E-state index is -0.229. The van der Waals surface area contributed by atoms with E-state index in [2.05, 4.69) is 0 Å². The van der Waals surface area contributed by atoms with E-state index >= 15 is 0 Å². The standard InChI is InChI=1S/C32H54N2O6/c1-23-29-21-19-27(33(23)25(3)35)15-11-7-5-10-14-18-32(38)40-30-22-20-28(34(24(30)2)26(4)36)16-12-8-6-9-13-17-31(37)39-29/h23-24,27-30H,5-22H2,1-4H3. The van der Waals surface area contributed by atoms with Gasteiger partial charge in [0.2, 0.25) is 11.8 Å². The van der Waals surface area contributed by atoms with Crippen LogP contribution in [0.1, 0.15) is 143 Å². The van der Waals surface area contributed by atoms with E-state index in [-0.39, 0.29) is 60.1 Å². The van der Waals surface area contributed by atoms with Crippen molar-refractivity contribution < 1.29 is 28.7 Å². The van der Waals surface area contributed by atoms with Crippen LogP contribution in [0.25, 0.3) is 0 Å². The van der Waals surface area contributed by atoms with E-state index in [1.54, 1.807) is 13.8 Å². The molecule has 6 unspecified atom stereocenters. The number of ether oxygens (including phenoxy) is 2. The highest BCUT2D eigenvalue weighted by Gasteiger charge is 2.39. The third-order valence-corrected chi connectivity index (χ3v) is 9.44. The summed E-state index contributed by atoms with van der Waals surface area (Å²) in [6, 6.07) is 0.194. The molecule has 8 nitrogen and oxygen atoms in total. The molecular formula is C32H54N2O6. The Kier molecular flexibility index (Phi) is 13.2. The van der Waals surface area contributed by atoms with Crippen LogP contribution in [0.5, 0.6) is 0 Å². The maximum atomic E-state index is 12.6. The van der Waals surface area contributed by atoms with Gasteiger partial charge in [-0.15, -0.1) is 0 Å². The van der Waals surface area contributed by atoms with Crippen LogP contribution in [0.2, 0.25) is 0 Å². The Hall–Kier alpha value is -2.12. The minimum Gasteiger partial charge on any atom is -0.460 e. The second kappa shape index (κ2) is 16.4. The number of amides is 2. The van der Waals surface area contributed by atoms with Crippen LogP contribution in [0, 0.1) is 0 Å². The number of rotatable bonds is 0. The van der Waals surface area contributed by atoms with Crippen molar-refractivity contribution in [3.8, 4) is 0 Å². The van der Waals surface area contributed by atoms with Gasteiger partial charge in [-0.2, -0.15) is 0 Å². The predicted molar refractivity (Wildman–Crippen MR) is 154 cm³/mol. The van der Waals surface area contributed by atoms with Crippen molar-refractivity contribution in [2.75, 3.05) is 0 Å². The van der Waals surface area contributed by atoms with E-state index in [4.69, 9.17) is 9.47 Å². The summed E-state index contributed by atoms with van der Waals surface area (Å²) in [6.45, 7) is 7.27. The molecule has 0 radical (unpaired) electrons. The van der Waals surface area contributed by atoms with Gasteiger partial charge < -0.3 is 19.3 Å². The molecule has 6 atom stereocenters. The number of piperidine rings is 2. The SMILES string of the molecule is CC(=O)N1C2CCCCCCCC(=O)OC3CCC(CCCCCCCC(=O)OC(CC2)C1C)N(C(C)=O)C3C. The monoisotopic (exact) mass is 562 g/mol. The fourth-order valence-electron chi connectivity index (χ4n) is 7.28. The van der Waals surface area contributed by atoms with Gasteiger partial charge in [0.25, 0.3) is 0 Å². The first kappa shape index (κ1) is 32.4. The summed E-state index contributed by atoms with van der Waals surface area (Å²) in [5.41, 5.74) is 0. The lowest BCUT2D eigenvalue weighted by Crippen LogP contribution is -2.55. The van der Waals surface area contributed by atoms with Gasteiger partial charge >= 0.3 is 11.9 Å². The fraction of sp³-hybridized carbons (Fsp3) is 0.875. The molecule has 0 N–H and O–H groups in total. The smallest absolute Gasteiger partial charge is 0.306 e. The van der Waals surface area contributed by atoms with Crippen LogP contribution in [0.4, 0.5) is 0 Å². The number of hydrogen-bond donors (Lipinski definition) is 0. The normalized spacial score (nSPS) is 32.8. The second-order valence-electron chi connectivity index (χ2n) is 12.5. The second-order valence-corrected chi connectivity index (χ2v) is 12.5. The Morgan fingerprint density at radius 3 is 1.27 bits per heavy atom. The van der Waals surface area contributed by atoms with Gasteiger partial charge in [0.15, 0.2) is 0 Å². The topological polar surface area (TPSA) is 93.2 Å². The molecule has 6 fully saturated rings. The molecule has 6 heterocycles. The number of carbonyl (C=O) groups excluding carboxylic acids is 4. The highest BCUT2D eigenvalue weighted by atomic mass is 16.5. The summed E-state index contributed by atoms with van der Waals surface area (Å²) in [4.78, 5) is 54.1. The Bertz CT molecular complexity index is 779. The molecule has 6 aliphatic rings. The lowest BCUT2D eigenvalue weighted by Gasteiger charge is -2.44. The Labute approximate surface area is 241 Å². The van der Waals surface area contributed by atoms with Crippen LogP contribution >= 0.6 is 0 Å². The lowest BCUT2D eigenvalue weighted by atomic mass is 9.90. The zero-order chi connectivity index (χ0) is 29.1. The summed E-state index contributed by atoms with van der Waals surface area (Å²) < 4.78 is 11.7. The van der Waals surface area contributed by atoms with Gasteiger partial charge in [0.1, 0.15) is 12.2 Å². The lowest BCUT2D eigenvalue weighted by molar-refractivity contribution is -0.161. The molecule has 4 bridgehead atoms. The molecule has 228 valence electrons. The van der Waals surface area contributed by atoms with Gasteiger partial charge in [0.05, 0.1) is 12.1 Å². The van der Waals surface area contributed by atoms with Crippen LogP contribution in [-0.2, 0) is 28.7 Å². The summed E-state index contributed by atoms with van der Waals surface area (Å²) in [6.07, 6.45) is 15.6. The average Bonchev–Trinajstić information content (AvgIpc) is 2.89. The maximum Gasteiger partial charge on any atom is 0.306 e. The van der Waals surface area contributed by atoms with E-state index in [1.165, 1.54) is 0 Å². The first-order valence-electron chi connectivity index (χ1n) is 16.2. The summed E-state index contributed by atoms with van der Waals surface area (Å²) in [7, 11) is 0. The fourth-order valence-corrected chi connectivity index (χ4v) is 7.28. The Balaban J connectivity index is 1.57. The van der Waals surface area contributed by atoms with E-state index in [0.717, 1.165) is 103 Å². The van der Waals surface area contributed by atoms with Gasteiger partial charge in [0, 0.05) is 38.8 Å². The first-order chi connectivity index (χ1) is 19.2. The van der Waals surface area contributed by atoms with Crippen molar-refractivity contribution in [1.82, 2.24) is 9.80 Å². The van der Waals surface area contributed by atoms with Gasteiger partial charge in [-0.3, -0.25) is 19.2 Å². The van der Waals surface area contributed by atoms with E-state index in [0.29, 0.717) is 12.8 Å². The first-order valence-corrected chi connectivity index (χ1v) is 16.2. The zero-order valence-corrected chi connectivity index (χ0v) is 25.5. The van der Waals surface area contributed by atoms with Crippen molar-refractivity contribution in [1.29, 1.82) is 0 Å². The quantitative estimate of drug-likeness (QED) is 0.332. The van der Waals surface area contributed by atoms with Crippen molar-refractivity contribution in [2.45, 2.75) is 180 Å². The average molecular weight is 563 g/mol. The molecule has 8 heteroatoms. The van der Waals surface area contributed by atoms with Crippen molar-refractivity contribution in [2.24, 2.45) is 0 Å². The molecule has 2 amide bonds. The Morgan fingerprint density at radius 1 is 0.550 bits per heavy atom. The predicted octanol–water partition coefficient (Wildman–Crippen LogP) is 6.08. The molecule has 6 rings (SSSR count). The number of esters is 2. The van der Waals surface area contributed by atoms with Crippen LogP contribution < -0.4 is 0 Å². The van der Waals surface area contributed by atoms with Crippen LogP contribution in [-0.4, -0.2) is 69.9 Å². The number of carbonyl (C=O) groups is 4. The number of nitrogens with zero attached hydrogens (tertiary/aromatic N) is 2. The van der Waals surface area contributed by atoms with Crippen molar-refractivity contribution >= 4 is 23.8 Å². The molecule has 0 saturated carbocycles. The highest BCUT2D eigenvalue weighted by molar-refractivity contribution is 5.75. The molecule has 0 aromatic rings. The molecular weight excluding hydrogens is 508 g/mol. The van der Waals surface area contributed by atoms with Gasteiger partial charge in [-0.25, -0.2) is 0 Å². The van der Waals surface area contributed by atoms with E-state index in [1.807, 2.05) is 23.6 Å². The van der Waals surface area contributed by atoms with E-state index in [9.17, 15) is 19.2 Å². The van der Waals surface area contributed by atoms with Gasteiger partial charge in [-0.1, -0.05) is 51.4 Å². The third-order valence-electron chi connectivity index (χ3n) is 9.44. The molecule has 0 aromatic heterocycles. The highest BCUT2D eigenvalue weighted by Crippen LogP contribution is 2.31. The molecule has 6 saturated heterocycles. The summed E-state index contributed by atoms with van der Waals surface area (Å²) in [5.74, 6) is -0.189. The zero-order valence-electron chi connectivity index (χ0n) is 25.5. The van der Waals surface area contributed by atoms with Crippen LogP contribution in [0.15, 0.2) is 0 Å². The summed E-state index contributed by atoms with van der Waals surface area (Å²) in [5, 5.41) is 0. The van der Waals surface area contributed by atoms with Crippen molar-refractivity contribution in [3.63, 3.8) is 0 Å². The van der Waals surface area contributed by atoms with E-state index < -0.39 is 0 Å². The van der Waals surface area contributed by atoms with Crippen molar-refractivity contribution in [3.05, 3.63) is 0 Å². The molecule has 0 aliphatic carbocycles. The minimum absolute atomic E-state index is 0.0550. The summed E-state index contributed by atoms with van der Waals surface area (Å²) >= 11 is 0. The maximum absolute atomic E-state index is 12.6. The molecule has 6 aliphatic heterocycles. The third kappa shape index (κ3) is 9.47. The molecule has 40 heavy (non-hydrogen) atoms. The molecule has 0 aromatic carbocycles. The van der Waals surface area contributed by atoms with Gasteiger partial charge in [-0.05, 0) is 65.2 Å². The largest absolute Gasteiger partial charge is 0.460 e. The Morgan fingerprint density at radius 2 is 0.900 bits per heavy atom. The molecule has 0 spiro atoms.